The Morgan fingerprint density at radius 1 is 0.892 bits per heavy atom. The van der Waals surface area contributed by atoms with E-state index in [4.69, 9.17) is 28.2 Å². The second-order valence-corrected chi connectivity index (χ2v) is 10.0. The first kappa shape index (κ1) is 23.8. The fourth-order valence-corrected chi connectivity index (χ4v) is 5.28. The number of hydrogen-bond donors (Lipinski definition) is 1. The van der Waals surface area contributed by atoms with Crippen molar-refractivity contribution in [2.45, 2.75) is 10.8 Å². The van der Waals surface area contributed by atoms with Gasteiger partial charge < -0.3 is 9.67 Å². The summed E-state index contributed by atoms with van der Waals surface area (Å²) in [5.74, 6) is 0.709. The minimum atomic E-state index is -1.66. The number of fused-ring (bicyclic) bond motifs is 3. The van der Waals surface area contributed by atoms with Crippen LogP contribution in [0.2, 0.25) is 10.0 Å². The molecule has 0 saturated heterocycles. The second kappa shape index (κ2) is 9.07. The number of benzene rings is 3. The predicted molar refractivity (Wildman–Crippen MR) is 143 cm³/mol. The van der Waals surface area contributed by atoms with Gasteiger partial charge in [0.15, 0.2) is 16.6 Å². The van der Waals surface area contributed by atoms with Gasteiger partial charge in [0.1, 0.15) is 0 Å². The average molecular weight is 549 g/mol. The second-order valence-electron chi connectivity index (χ2n) is 8.38. The molecule has 37 heavy (non-hydrogen) atoms. The van der Waals surface area contributed by atoms with Gasteiger partial charge in [-0.2, -0.15) is 4.52 Å². The minimum absolute atomic E-state index is 0.348. The molecule has 9 nitrogen and oxygen atoms in total. The molecule has 0 radical (unpaired) electrons. The zero-order chi connectivity index (χ0) is 25.7. The summed E-state index contributed by atoms with van der Waals surface area (Å²) >= 11 is 13.9. The molecule has 1 unspecified atom stereocenters. The number of aliphatic hydroxyl groups is 1. The fourth-order valence-electron chi connectivity index (χ4n) is 4.48. The molecular formula is C25H18Cl2N8OS. The van der Waals surface area contributed by atoms with Crippen molar-refractivity contribution < 1.29 is 5.11 Å². The largest absolute Gasteiger partial charge is 0.373 e. The number of tetrazole rings is 1. The SMILES string of the molecule is CSc1nnc(C(O)(c2ccc(Cl)cc2)c2ccc3c(c2)c(-c2cccc(Cl)c2)nc2nnnn23)n1C. The van der Waals surface area contributed by atoms with Crippen molar-refractivity contribution in [3.63, 3.8) is 0 Å². The Morgan fingerprint density at radius 2 is 1.68 bits per heavy atom. The van der Waals surface area contributed by atoms with Crippen LogP contribution in [-0.4, -0.2) is 51.2 Å². The van der Waals surface area contributed by atoms with Crippen LogP contribution in [0.1, 0.15) is 17.0 Å². The molecule has 12 heteroatoms. The zero-order valence-electron chi connectivity index (χ0n) is 19.5. The predicted octanol–water partition coefficient (Wildman–Crippen LogP) is 4.78. The van der Waals surface area contributed by atoms with E-state index in [0.717, 1.165) is 16.5 Å². The molecule has 3 aromatic carbocycles. The van der Waals surface area contributed by atoms with E-state index in [-0.39, 0.29) is 0 Å². The van der Waals surface area contributed by atoms with Gasteiger partial charge in [0.2, 0.25) is 0 Å². The summed E-state index contributed by atoms with van der Waals surface area (Å²) in [6.45, 7) is 0. The first-order valence-corrected chi connectivity index (χ1v) is 13.1. The Bertz CT molecular complexity index is 1790. The molecule has 6 aromatic rings. The van der Waals surface area contributed by atoms with Gasteiger partial charge in [0.25, 0.3) is 5.78 Å². The number of halogens is 2. The first-order chi connectivity index (χ1) is 17.9. The average Bonchev–Trinajstić information content (AvgIpc) is 3.54. The molecule has 6 rings (SSSR count). The Kier molecular flexibility index (Phi) is 5.84. The van der Waals surface area contributed by atoms with Gasteiger partial charge in [-0.25, -0.2) is 4.98 Å². The molecule has 0 aliphatic heterocycles. The van der Waals surface area contributed by atoms with E-state index >= 15 is 0 Å². The fraction of sp³-hybridized carbons (Fsp3) is 0.120. The molecule has 0 amide bonds. The van der Waals surface area contributed by atoms with Crippen molar-refractivity contribution in [3.8, 4) is 11.3 Å². The summed E-state index contributed by atoms with van der Waals surface area (Å²) in [6, 6.07) is 20.0. The maximum atomic E-state index is 12.5. The topological polar surface area (TPSA) is 107 Å². The molecular weight excluding hydrogens is 531 g/mol. The lowest BCUT2D eigenvalue weighted by Crippen LogP contribution is -2.32. The van der Waals surface area contributed by atoms with Crippen LogP contribution in [0.5, 0.6) is 0 Å². The van der Waals surface area contributed by atoms with E-state index in [1.54, 1.807) is 39.4 Å². The number of aromatic nitrogens is 8. The lowest BCUT2D eigenvalue weighted by molar-refractivity contribution is 0.111. The van der Waals surface area contributed by atoms with Gasteiger partial charge in [-0.3, -0.25) is 0 Å². The highest BCUT2D eigenvalue weighted by Crippen LogP contribution is 2.39. The van der Waals surface area contributed by atoms with Crippen LogP contribution in [0, 0.1) is 0 Å². The first-order valence-electron chi connectivity index (χ1n) is 11.1. The van der Waals surface area contributed by atoms with E-state index in [9.17, 15) is 5.11 Å². The van der Waals surface area contributed by atoms with E-state index < -0.39 is 5.60 Å². The minimum Gasteiger partial charge on any atom is -0.373 e. The maximum absolute atomic E-state index is 12.5. The van der Waals surface area contributed by atoms with Crippen LogP contribution in [0.15, 0.2) is 71.9 Å². The smallest absolute Gasteiger partial charge is 0.274 e. The van der Waals surface area contributed by atoms with Crippen LogP contribution in [0.4, 0.5) is 0 Å². The van der Waals surface area contributed by atoms with Crippen LogP contribution in [0.3, 0.4) is 0 Å². The quantitative estimate of drug-likeness (QED) is 0.306. The van der Waals surface area contributed by atoms with Crippen LogP contribution in [-0.2, 0) is 12.6 Å². The summed E-state index contributed by atoms with van der Waals surface area (Å²) in [5.41, 5.74) is 1.62. The highest BCUT2D eigenvalue weighted by Gasteiger charge is 2.39. The number of nitrogens with zero attached hydrogens (tertiary/aromatic N) is 8. The van der Waals surface area contributed by atoms with Crippen LogP contribution < -0.4 is 0 Å². The van der Waals surface area contributed by atoms with Gasteiger partial charge in [-0.1, -0.05) is 70.4 Å². The van der Waals surface area contributed by atoms with E-state index in [1.807, 2.05) is 49.7 Å². The highest BCUT2D eigenvalue weighted by atomic mass is 35.5. The van der Waals surface area contributed by atoms with Crippen LogP contribution >= 0.6 is 35.0 Å². The van der Waals surface area contributed by atoms with Gasteiger partial charge in [0, 0.05) is 28.0 Å². The standard InChI is InChI=1S/C25H18Cl2N8OS/c1-34-22(29-31-24(34)37-2)25(36,15-6-9-17(26)10-7-15)16-8-11-20-19(13-16)21(14-4-3-5-18(27)12-14)28-23-30-32-33-35(20)23/h3-13,36H,1-2H3. The van der Waals surface area contributed by atoms with Crippen molar-refractivity contribution in [1.29, 1.82) is 0 Å². The molecule has 0 aliphatic carbocycles. The lowest BCUT2D eigenvalue weighted by atomic mass is 9.84. The molecule has 3 heterocycles. The highest BCUT2D eigenvalue weighted by molar-refractivity contribution is 7.98. The molecule has 3 aromatic heterocycles. The van der Waals surface area contributed by atoms with E-state index in [1.165, 1.54) is 11.8 Å². The summed E-state index contributed by atoms with van der Waals surface area (Å²) in [7, 11) is 1.83. The summed E-state index contributed by atoms with van der Waals surface area (Å²) < 4.78 is 3.34. The number of thioether (sulfide) groups is 1. The third-order valence-electron chi connectivity index (χ3n) is 6.26. The van der Waals surface area contributed by atoms with Gasteiger partial charge in [0.05, 0.1) is 11.2 Å². The van der Waals surface area contributed by atoms with Crippen molar-refractivity contribution in [1.82, 2.24) is 39.8 Å². The molecule has 0 aliphatic rings. The summed E-state index contributed by atoms with van der Waals surface area (Å²) in [5, 5.41) is 35.6. The maximum Gasteiger partial charge on any atom is 0.274 e. The molecule has 0 spiro atoms. The zero-order valence-corrected chi connectivity index (χ0v) is 21.9. The summed E-state index contributed by atoms with van der Waals surface area (Å²) in [6.07, 6.45) is 1.91. The monoisotopic (exact) mass is 548 g/mol. The van der Waals surface area contributed by atoms with Crippen molar-refractivity contribution in [2.24, 2.45) is 7.05 Å². The van der Waals surface area contributed by atoms with Gasteiger partial charge >= 0.3 is 0 Å². The Labute approximate surface area is 225 Å². The van der Waals surface area contributed by atoms with Gasteiger partial charge in [-0.15, -0.1) is 10.2 Å². The molecule has 0 bridgehead atoms. The van der Waals surface area contributed by atoms with E-state index in [2.05, 4.69) is 25.7 Å². The van der Waals surface area contributed by atoms with Crippen LogP contribution in [0.25, 0.3) is 27.9 Å². The normalized spacial score (nSPS) is 13.3. The third kappa shape index (κ3) is 3.84. The lowest BCUT2D eigenvalue weighted by Gasteiger charge is -2.29. The molecule has 1 N–H and O–H groups in total. The molecule has 0 saturated carbocycles. The van der Waals surface area contributed by atoms with E-state index in [0.29, 0.717) is 43.6 Å². The Hall–Kier alpha value is -3.57. The summed E-state index contributed by atoms with van der Waals surface area (Å²) in [4.78, 5) is 4.72. The Morgan fingerprint density at radius 3 is 2.41 bits per heavy atom. The molecule has 184 valence electrons. The third-order valence-corrected chi connectivity index (χ3v) is 7.47. The van der Waals surface area contributed by atoms with Gasteiger partial charge in [-0.05, 0) is 64.2 Å². The van der Waals surface area contributed by atoms with Crippen molar-refractivity contribution in [3.05, 3.63) is 93.7 Å². The van der Waals surface area contributed by atoms with Crippen molar-refractivity contribution >= 4 is 51.6 Å². The molecule has 0 fully saturated rings. The number of rotatable bonds is 5. The Balaban J connectivity index is 1.68. The number of hydrogen-bond acceptors (Lipinski definition) is 8. The molecule has 1 atom stereocenters. The van der Waals surface area contributed by atoms with Crippen molar-refractivity contribution in [2.75, 3.05) is 6.26 Å².